The largest absolute Gasteiger partial charge is 0.492 e. The molecule has 16 heteroatoms. The molecule has 1 aliphatic heterocycles. The Morgan fingerprint density at radius 1 is 1.13 bits per heavy atom. The zero-order valence-electron chi connectivity index (χ0n) is 24.7. The van der Waals surface area contributed by atoms with Crippen molar-refractivity contribution in [3.63, 3.8) is 0 Å². The lowest BCUT2D eigenvalue weighted by atomic mass is 10.00. The molecular weight excluding hydrogens is 633 g/mol. The molecular formula is C30H34N8O6S2. The van der Waals surface area contributed by atoms with Crippen LogP contribution in [-0.4, -0.2) is 60.8 Å². The van der Waals surface area contributed by atoms with E-state index in [0.717, 1.165) is 33.6 Å². The van der Waals surface area contributed by atoms with Crippen LogP contribution in [0.1, 0.15) is 39.2 Å². The number of fused-ring (bicyclic) bond motifs is 1. The molecule has 0 spiro atoms. The topological polar surface area (TPSA) is 227 Å². The molecule has 0 fully saturated rings. The number of nitrogens with one attached hydrogen (secondary N) is 4. The molecule has 1 amide bonds. The van der Waals surface area contributed by atoms with Crippen molar-refractivity contribution < 1.29 is 27.9 Å². The minimum Gasteiger partial charge on any atom is -0.492 e. The Labute approximate surface area is 269 Å². The van der Waals surface area contributed by atoms with E-state index in [0.29, 0.717) is 38.1 Å². The molecule has 2 aromatic carbocycles. The number of H-pyrrole nitrogens is 1. The van der Waals surface area contributed by atoms with E-state index in [-0.39, 0.29) is 40.1 Å². The minimum atomic E-state index is -4.24. The van der Waals surface area contributed by atoms with Crippen LogP contribution in [0.25, 0.3) is 11.1 Å². The predicted molar refractivity (Wildman–Crippen MR) is 174 cm³/mol. The molecule has 242 valence electrons. The summed E-state index contributed by atoms with van der Waals surface area (Å²) in [4.78, 5) is 28.7. The number of aromatic amines is 1. The first kappa shape index (κ1) is 32.5. The number of thiophene rings is 1. The maximum Gasteiger partial charge on any atom is 0.326 e. The van der Waals surface area contributed by atoms with Crippen molar-refractivity contribution in [3.05, 3.63) is 81.8 Å². The van der Waals surface area contributed by atoms with E-state index in [4.69, 9.17) is 16.2 Å². The summed E-state index contributed by atoms with van der Waals surface area (Å²) in [6.45, 7) is 1.78. The summed E-state index contributed by atoms with van der Waals surface area (Å²) in [5.74, 6) is -1.81. The van der Waals surface area contributed by atoms with E-state index >= 15 is 0 Å². The molecule has 3 heterocycles. The minimum absolute atomic E-state index is 0.0170. The van der Waals surface area contributed by atoms with Crippen molar-refractivity contribution in [1.82, 2.24) is 20.8 Å². The fourth-order valence-electron chi connectivity index (χ4n) is 4.98. The molecule has 0 saturated heterocycles. The highest BCUT2D eigenvalue weighted by molar-refractivity contribution is 7.92. The maximum atomic E-state index is 13.8. The summed E-state index contributed by atoms with van der Waals surface area (Å²) in [6, 6.07) is 11.6. The van der Waals surface area contributed by atoms with Crippen LogP contribution in [0.5, 0.6) is 5.75 Å². The third-order valence-electron chi connectivity index (χ3n) is 7.18. The van der Waals surface area contributed by atoms with Crippen LogP contribution in [0.15, 0.2) is 70.1 Å². The van der Waals surface area contributed by atoms with Gasteiger partial charge in [0.15, 0.2) is 5.96 Å². The van der Waals surface area contributed by atoms with Crippen molar-refractivity contribution in [2.45, 2.75) is 43.3 Å². The van der Waals surface area contributed by atoms with Crippen molar-refractivity contribution in [3.8, 4) is 16.9 Å². The smallest absolute Gasteiger partial charge is 0.326 e. The molecule has 2 aromatic heterocycles. The van der Waals surface area contributed by atoms with Gasteiger partial charge >= 0.3 is 5.97 Å². The number of hydrogen-bond donors (Lipinski definition) is 7. The summed E-state index contributed by atoms with van der Waals surface area (Å²) in [5, 5.41) is 23.7. The number of carbonyl (C=O) groups is 2. The van der Waals surface area contributed by atoms with Crippen LogP contribution in [0.3, 0.4) is 0 Å². The van der Waals surface area contributed by atoms with Gasteiger partial charge in [-0.3, -0.25) is 19.6 Å². The monoisotopic (exact) mass is 666 g/mol. The Morgan fingerprint density at radius 3 is 2.72 bits per heavy atom. The number of aliphatic carboxylic acids is 1. The molecule has 5 rings (SSSR count). The third kappa shape index (κ3) is 8.01. The Kier molecular flexibility index (Phi) is 10.2. The van der Waals surface area contributed by atoms with Gasteiger partial charge in [0.2, 0.25) is 0 Å². The Morgan fingerprint density at radius 2 is 1.96 bits per heavy atom. The normalized spacial score (nSPS) is 13.0. The number of carboxylic acid groups (broad SMARTS) is 1. The van der Waals surface area contributed by atoms with Gasteiger partial charge in [0, 0.05) is 37.8 Å². The number of sulfonamides is 1. The number of hydrogen-bond acceptors (Lipinski definition) is 9. The molecule has 46 heavy (non-hydrogen) atoms. The lowest BCUT2D eigenvalue weighted by Gasteiger charge is -2.16. The molecule has 1 unspecified atom stereocenters. The molecule has 0 bridgehead atoms. The van der Waals surface area contributed by atoms with Crippen molar-refractivity contribution in [2.75, 3.05) is 17.9 Å². The summed E-state index contributed by atoms with van der Waals surface area (Å²) in [5.41, 5.74) is 15.0. The van der Waals surface area contributed by atoms with Crippen molar-refractivity contribution >= 4 is 44.9 Å². The standard InChI is InChI=1S/C30H34N8O6S2/c31-30(32)34-8-2-5-24(29(40)41)37-28(39)27-23(7-10-45-27)38-46(42,43)25-13-22(12-21-6-9-44-26(21)25)20-4-1-3-18(11-20)14-33-15-19-16-35-36-17-19/h1,3-4,7,10-13,16-17,24,33,38H,2,5-6,8-9,14-15H2,(H,35,36)(H,37,39)(H,40,41)(H4,31,32,34). The molecule has 0 radical (unpaired) electrons. The van der Waals surface area contributed by atoms with Crippen LogP contribution < -0.4 is 31.6 Å². The molecule has 0 aliphatic carbocycles. The highest BCUT2D eigenvalue weighted by Crippen LogP contribution is 2.39. The van der Waals surface area contributed by atoms with Gasteiger partial charge in [0.25, 0.3) is 15.9 Å². The summed E-state index contributed by atoms with van der Waals surface area (Å²) in [7, 11) is -4.24. The summed E-state index contributed by atoms with van der Waals surface area (Å²) in [6.07, 6.45) is 4.50. The number of nitrogens with two attached hydrogens (primary N) is 2. The molecule has 1 aliphatic rings. The van der Waals surface area contributed by atoms with Gasteiger partial charge in [-0.05, 0) is 64.7 Å². The Bertz CT molecular complexity index is 1840. The molecule has 1 atom stereocenters. The second-order valence-electron chi connectivity index (χ2n) is 10.6. The van der Waals surface area contributed by atoms with E-state index in [1.807, 2.05) is 36.5 Å². The van der Waals surface area contributed by atoms with Crippen LogP contribution in [-0.2, 0) is 34.3 Å². The summed E-state index contributed by atoms with van der Waals surface area (Å²) < 4.78 is 35.9. The van der Waals surface area contributed by atoms with Crippen molar-refractivity contribution in [1.29, 1.82) is 0 Å². The molecule has 0 saturated carbocycles. The van der Waals surface area contributed by atoms with Gasteiger partial charge < -0.3 is 31.9 Å². The number of anilines is 1. The number of guanidine groups is 1. The van der Waals surface area contributed by atoms with Gasteiger partial charge in [-0.15, -0.1) is 11.3 Å². The van der Waals surface area contributed by atoms with Crippen LogP contribution in [0.4, 0.5) is 5.69 Å². The first-order chi connectivity index (χ1) is 22.1. The van der Waals surface area contributed by atoms with Gasteiger partial charge in [0.05, 0.1) is 18.5 Å². The summed E-state index contributed by atoms with van der Waals surface area (Å²) >= 11 is 0.983. The fourth-order valence-corrected chi connectivity index (χ4v) is 7.08. The van der Waals surface area contributed by atoms with Gasteiger partial charge in [-0.1, -0.05) is 18.2 Å². The molecule has 14 nitrogen and oxygen atoms in total. The average molecular weight is 667 g/mol. The van der Waals surface area contributed by atoms with Gasteiger partial charge in [-0.25, -0.2) is 13.2 Å². The zero-order chi connectivity index (χ0) is 32.7. The van der Waals surface area contributed by atoms with Gasteiger partial charge in [-0.2, -0.15) is 5.10 Å². The second-order valence-corrected chi connectivity index (χ2v) is 13.1. The lowest BCUT2D eigenvalue weighted by molar-refractivity contribution is -0.139. The van der Waals surface area contributed by atoms with E-state index in [2.05, 4.69) is 30.5 Å². The molecule has 9 N–H and O–H groups in total. The second kappa shape index (κ2) is 14.4. The number of nitrogens with zero attached hydrogens (tertiary/aromatic N) is 2. The van der Waals surface area contributed by atoms with E-state index < -0.39 is 27.9 Å². The maximum absolute atomic E-state index is 13.8. The Hall–Kier alpha value is -4.93. The van der Waals surface area contributed by atoms with Crippen molar-refractivity contribution in [2.24, 2.45) is 16.5 Å². The number of rotatable bonds is 15. The third-order valence-corrected chi connectivity index (χ3v) is 9.46. The number of aromatic nitrogens is 2. The number of aliphatic imine (C=N–C) groups is 1. The fraction of sp³-hybridized carbons (Fsp3) is 0.267. The number of amides is 1. The van der Waals surface area contributed by atoms with Crippen LogP contribution >= 0.6 is 11.3 Å². The average Bonchev–Trinajstić information content (AvgIpc) is 3.80. The van der Waals surface area contributed by atoms with E-state index in [1.54, 1.807) is 17.6 Å². The first-order valence-electron chi connectivity index (χ1n) is 14.4. The number of carboxylic acids is 1. The molecule has 4 aromatic rings. The number of benzene rings is 2. The van der Waals surface area contributed by atoms with E-state index in [9.17, 15) is 23.1 Å². The van der Waals surface area contributed by atoms with Gasteiger partial charge in [0.1, 0.15) is 21.6 Å². The highest BCUT2D eigenvalue weighted by Gasteiger charge is 2.29. The zero-order valence-corrected chi connectivity index (χ0v) is 26.3. The quantitative estimate of drug-likeness (QED) is 0.0557. The van der Waals surface area contributed by atoms with Crippen LogP contribution in [0.2, 0.25) is 0 Å². The Balaban J connectivity index is 1.34. The predicted octanol–water partition coefficient (Wildman–Crippen LogP) is 2.40. The number of ether oxygens (including phenoxy) is 1. The van der Waals surface area contributed by atoms with E-state index in [1.165, 1.54) is 6.07 Å². The highest BCUT2D eigenvalue weighted by atomic mass is 32.2. The lowest BCUT2D eigenvalue weighted by Crippen LogP contribution is -2.40. The van der Waals surface area contributed by atoms with Crippen LogP contribution in [0, 0.1) is 0 Å². The first-order valence-corrected chi connectivity index (χ1v) is 16.7. The SMILES string of the molecule is NC(N)=NCCCC(NC(=O)c1sccc1NS(=O)(=O)c1cc(-c2cccc(CNCc3cn[nH]c3)c2)cc2c1OCC2)C(=O)O. The number of carbonyl (C=O) groups excluding carboxylic acids is 1.